The van der Waals surface area contributed by atoms with Gasteiger partial charge in [0.25, 0.3) is 0 Å². The van der Waals surface area contributed by atoms with E-state index < -0.39 is 10.8 Å². The third kappa shape index (κ3) is 3.21. The quantitative estimate of drug-likeness (QED) is 0.700. The molecule has 2 saturated heterocycles. The number of aromatic nitrogens is 2. The molecule has 0 spiro atoms. The van der Waals surface area contributed by atoms with Crippen molar-refractivity contribution in [3.05, 3.63) is 35.0 Å². The fourth-order valence-corrected chi connectivity index (χ4v) is 7.49. The van der Waals surface area contributed by atoms with Crippen LogP contribution in [0.2, 0.25) is 0 Å². The highest BCUT2D eigenvalue weighted by Gasteiger charge is 2.43. The topological polar surface area (TPSA) is 81.6 Å². The highest BCUT2D eigenvalue weighted by molar-refractivity contribution is 7.85. The van der Waals surface area contributed by atoms with Gasteiger partial charge in [-0.3, -0.25) is 4.21 Å². The second-order valence-corrected chi connectivity index (χ2v) is 12.1. The van der Waals surface area contributed by atoms with E-state index in [9.17, 15) is 9.32 Å². The lowest BCUT2D eigenvalue weighted by Gasteiger charge is -2.42. The molecule has 0 radical (unpaired) electrons. The SMILES string of the molecule is O=S1CCc2nc(N3CC4CN(c5ccc6c(c5)CC6)CC4C3)c(NC3(CO)CCC3)nc21. The molecule has 1 aromatic carbocycles. The molecule has 7 rings (SSSR count). The monoisotopic (exact) mass is 465 g/mol. The Morgan fingerprint density at radius 2 is 1.79 bits per heavy atom. The van der Waals surface area contributed by atoms with Gasteiger partial charge in [0.15, 0.2) is 16.7 Å². The Bertz CT molecular complexity index is 1130. The summed E-state index contributed by atoms with van der Waals surface area (Å²) in [6.45, 7) is 4.22. The van der Waals surface area contributed by atoms with Crippen LogP contribution in [0.5, 0.6) is 0 Å². The first kappa shape index (κ1) is 20.2. The summed E-state index contributed by atoms with van der Waals surface area (Å²) in [5, 5.41) is 14.2. The molecule has 5 aliphatic rings. The van der Waals surface area contributed by atoms with E-state index in [2.05, 4.69) is 33.3 Å². The minimum atomic E-state index is -1.06. The number of nitrogens with zero attached hydrogens (tertiary/aromatic N) is 4. The summed E-state index contributed by atoms with van der Waals surface area (Å²) in [4.78, 5) is 14.8. The van der Waals surface area contributed by atoms with Crippen LogP contribution in [0.1, 0.15) is 36.1 Å². The van der Waals surface area contributed by atoms with Gasteiger partial charge in [-0.25, -0.2) is 9.97 Å². The van der Waals surface area contributed by atoms with E-state index >= 15 is 0 Å². The normalized spacial score (nSPS) is 28.7. The van der Waals surface area contributed by atoms with Crippen molar-refractivity contribution in [2.24, 2.45) is 11.8 Å². The maximum atomic E-state index is 12.5. The summed E-state index contributed by atoms with van der Waals surface area (Å²) in [6, 6.07) is 7.02. The molecule has 174 valence electrons. The number of benzene rings is 1. The molecule has 3 aliphatic heterocycles. The number of rotatable bonds is 5. The number of hydrogen-bond donors (Lipinski definition) is 2. The van der Waals surface area contributed by atoms with E-state index in [-0.39, 0.29) is 12.1 Å². The largest absolute Gasteiger partial charge is 0.394 e. The summed E-state index contributed by atoms with van der Waals surface area (Å²) in [7, 11) is -1.06. The Kier molecular flexibility index (Phi) is 4.53. The third-order valence-electron chi connectivity index (χ3n) is 8.65. The van der Waals surface area contributed by atoms with Crippen LogP contribution in [0.4, 0.5) is 17.3 Å². The zero-order chi connectivity index (χ0) is 22.2. The molecular formula is C25H31N5O2S. The molecule has 33 heavy (non-hydrogen) atoms. The van der Waals surface area contributed by atoms with Crippen LogP contribution in [0.15, 0.2) is 23.2 Å². The van der Waals surface area contributed by atoms with Crippen molar-refractivity contribution in [3.8, 4) is 0 Å². The minimum Gasteiger partial charge on any atom is -0.394 e. The lowest BCUT2D eigenvalue weighted by molar-refractivity contribution is 0.143. The van der Waals surface area contributed by atoms with Gasteiger partial charge < -0.3 is 20.2 Å². The predicted molar refractivity (Wildman–Crippen MR) is 130 cm³/mol. The number of aryl methyl sites for hydroxylation is 3. The number of aliphatic hydroxyl groups excluding tert-OH is 1. The molecule has 2 aliphatic carbocycles. The number of nitrogens with one attached hydrogen (secondary N) is 1. The van der Waals surface area contributed by atoms with Crippen molar-refractivity contribution in [3.63, 3.8) is 0 Å². The van der Waals surface area contributed by atoms with Crippen LogP contribution in [-0.2, 0) is 30.1 Å². The predicted octanol–water partition coefficient (Wildman–Crippen LogP) is 2.14. The summed E-state index contributed by atoms with van der Waals surface area (Å²) in [5.41, 5.74) is 5.01. The van der Waals surface area contributed by atoms with Gasteiger partial charge in [-0.05, 0) is 55.4 Å². The molecular weight excluding hydrogens is 434 g/mol. The van der Waals surface area contributed by atoms with Gasteiger partial charge in [-0.2, -0.15) is 0 Å². The van der Waals surface area contributed by atoms with Crippen molar-refractivity contribution in [2.45, 2.75) is 49.1 Å². The first-order valence-electron chi connectivity index (χ1n) is 12.4. The van der Waals surface area contributed by atoms with Crippen molar-refractivity contribution in [1.82, 2.24) is 9.97 Å². The average molecular weight is 466 g/mol. The Morgan fingerprint density at radius 3 is 2.42 bits per heavy atom. The molecule has 2 N–H and O–H groups in total. The lowest BCUT2D eigenvalue weighted by atomic mass is 9.77. The van der Waals surface area contributed by atoms with Gasteiger partial charge in [0.1, 0.15) is 0 Å². The Hall–Kier alpha value is -2.19. The molecule has 3 fully saturated rings. The second kappa shape index (κ2) is 7.40. The second-order valence-electron chi connectivity index (χ2n) is 10.6. The summed E-state index contributed by atoms with van der Waals surface area (Å²) in [6.07, 6.45) is 6.18. The van der Waals surface area contributed by atoms with Crippen LogP contribution in [0.3, 0.4) is 0 Å². The Morgan fingerprint density at radius 1 is 1.03 bits per heavy atom. The Labute approximate surface area is 197 Å². The maximum Gasteiger partial charge on any atom is 0.172 e. The molecule has 3 unspecified atom stereocenters. The molecule has 8 heteroatoms. The van der Waals surface area contributed by atoms with Gasteiger partial charge in [0, 0.05) is 55.9 Å². The third-order valence-corrected chi connectivity index (χ3v) is 9.99. The van der Waals surface area contributed by atoms with Crippen LogP contribution in [0.25, 0.3) is 0 Å². The highest BCUT2D eigenvalue weighted by Crippen LogP contribution is 2.42. The van der Waals surface area contributed by atoms with Crippen LogP contribution in [-0.4, -0.2) is 63.4 Å². The lowest BCUT2D eigenvalue weighted by Crippen LogP contribution is -2.49. The molecule has 3 atom stereocenters. The van der Waals surface area contributed by atoms with Crippen molar-refractivity contribution < 1.29 is 9.32 Å². The van der Waals surface area contributed by atoms with Crippen LogP contribution < -0.4 is 15.1 Å². The maximum absolute atomic E-state index is 12.5. The molecule has 0 bridgehead atoms. The van der Waals surface area contributed by atoms with Crippen molar-refractivity contribution in [1.29, 1.82) is 0 Å². The number of fused-ring (bicyclic) bond motifs is 3. The summed E-state index contributed by atoms with van der Waals surface area (Å²) >= 11 is 0. The fourth-order valence-electron chi connectivity index (χ4n) is 6.31. The van der Waals surface area contributed by atoms with Crippen LogP contribution >= 0.6 is 0 Å². The average Bonchev–Trinajstić information content (AvgIpc) is 3.44. The smallest absolute Gasteiger partial charge is 0.172 e. The first-order chi connectivity index (χ1) is 16.1. The number of anilines is 3. The van der Waals surface area contributed by atoms with Gasteiger partial charge in [-0.15, -0.1) is 0 Å². The standard InChI is InChI=1S/C25H31N5O2S/c31-15-25(7-1-8-25)28-22-23(26-21-6-9-33(32)24(21)27-22)30-13-18-11-29(12-19(18)14-30)20-5-4-16-2-3-17(16)10-20/h4-5,10,18-19,31H,1-3,6-9,11-15H2,(H,27,28). The van der Waals surface area contributed by atoms with E-state index in [1.165, 1.54) is 29.7 Å². The molecule has 0 amide bonds. The van der Waals surface area contributed by atoms with E-state index in [1.54, 1.807) is 0 Å². The summed E-state index contributed by atoms with van der Waals surface area (Å²) in [5.74, 6) is 3.46. The Balaban J connectivity index is 1.14. The van der Waals surface area contributed by atoms with E-state index in [4.69, 9.17) is 9.97 Å². The van der Waals surface area contributed by atoms with Gasteiger partial charge >= 0.3 is 0 Å². The fraction of sp³-hybridized carbons (Fsp3) is 0.600. The number of hydrogen-bond acceptors (Lipinski definition) is 7. The molecule has 2 aromatic rings. The molecule has 4 heterocycles. The minimum absolute atomic E-state index is 0.0925. The van der Waals surface area contributed by atoms with E-state index in [0.717, 1.165) is 69.2 Å². The summed E-state index contributed by atoms with van der Waals surface area (Å²) < 4.78 is 12.5. The molecule has 1 aromatic heterocycles. The zero-order valence-corrected chi connectivity index (χ0v) is 19.7. The van der Waals surface area contributed by atoms with Crippen molar-refractivity contribution >= 4 is 28.1 Å². The van der Waals surface area contributed by atoms with Gasteiger partial charge in [-0.1, -0.05) is 6.07 Å². The van der Waals surface area contributed by atoms with Gasteiger partial charge in [0.2, 0.25) is 0 Å². The van der Waals surface area contributed by atoms with E-state index in [1.807, 2.05) is 0 Å². The zero-order valence-electron chi connectivity index (χ0n) is 18.9. The van der Waals surface area contributed by atoms with Crippen LogP contribution in [0, 0.1) is 11.8 Å². The number of aliphatic hydroxyl groups is 1. The highest BCUT2D eigenvalue weighted by atomic mass is 32.2. The first-order valence-corrected chi connectivity index (χ1v) is 13.7. The van der Waals surface area contributed by atoms with Crippen molar-refractivity contribution in [2.75, 3.05) is 53.7 Å². The van der Waals surface area contributed by atoms with E-state index in [0.29, 0.717) is 22.6 Å². The van der Waals surface area contributed by atoms with Gasteiger partial charge in [0.05, 0.1) is 28.6 Å². The molecule has 7 nitrogen and oxygen atoms in total. The molecule has 1 saturated carbocycles.